The second-order valence-electron chi connectivity index (χ2n) is 5.03. The Balaban J connectivity index is 1.99. The zero-order valence-electron chi connectivity index (χ0n) is 11.5. The first kappa shape index (κ1) is 13.5. The van der Waals surface area contributed by atoms with E-state index in [2.05, 4.69) is 21.9 Å². The van der Waals surface area contributed by atoms with Gasteiger partial charge < -0.3 is 4.74 Å². The summed E-state index contributed by atoms with van der Waals surface area (Å²) in [6.07, 6.45) is 5.30. The predicted molar refractivity (Wildman–Crippen MR) is 80.9 cm³/mol. The van der Waals surface area contributed by atoms with Crippen LogP contribution in [-0.4, -0.2) is 12.1 Å². The summed E-state index contributed by atoms with van der Waals surface area (Å²) in [6, 6.07) is 6.03. The minimum absolute atomic E-state index is 0.0141. The predicted octanol–water partition coefficient (Wildman–Crippen LogP) is 2.78. The lowest BCUT2D eigenvalue weighted by atomic mass is 9.81. The number of hydrogen-bond donors (Lipinski definition) is 2. The van der Waals surface area contributed by atoms with E-state index in [1.54, 1.807) is 13.3 Å². The van der Waals surface area contributed by atoms with Crippen LogP contribution in [0.1, 0.15) is 40.9 Å². The van der Waals surface area contributed by atoms with Crippen LogP contribution in [0.4, 0.5) is 0 Å². The fourth-order valence-corrected chi connectivity index (χ4v) is 4.06. The largest absolute Gasteiger partial charge is 0.495 e. The second kappa shape index (κ2) is 5.91. The number of rotatable bonds is 4. The van der Waals surface area contributed by atoms with Gasteiger partial charge in [-0.15, -0.1) is 11.3 Å². The molecule has 0 spiro atoms. The van der Waals surface area contributed by atoms with E-state index < -0.39 is 0 Å². The Bertz CT molecular complexity index is 584. The van der Waals surface area contributed by atoms with E-state index in [9.17, 15) is 0 Å². The van der Waals surface area contributed by atoms with Gasteiger partial charge in [0.15, 0.2) is 0 Å². The van der Waals surface area contributed by atoms with Crippen molar-refractivity contribution in [2.24, 2.45) is 5.84 Å². The Morgan fingerprint density at radius 3 is 3.20 bits per heavy atom. The molecule has 5 heteroatoms. The number of aryl methyl sites for hydroxylation is 1. The van der Waals surface area contributed by atoms with E-state index in [1.807, 2.05) is 23.5 Å². The van der Waals surface area contributed by atoms with Gasteiger partial charge in [0.05, 0.1) is 13.2 Å². The molecule has 0 bridgehead atoms. The molecular weight excluding hydrogens is 270 g/mol. The van der Waals surface area contributed by atoms with Crippen LogP contribution >= 0.6 is 11.3 Å². The van der Waals surface area contributed by atoms with Crippen LogP contribution in [0.25, 0.3) is 0 Å². The number of fused-ring (bicyclic) bond motifs is 1. The van der Waals surface area contributed by atoms with Crippen LogP contribution in [0.5, 0.6) is 5.75 Å². The number of aromatic nitrogens is 1. The summed E-state index contributed by atoms with van der Waals surface area (Å²) in [5.74, 6) is 6.99. The number of ether oxygens (including phenoxy) is 1. The molecular formula is C15H19N3OS. The highest BCUT2D eigenvalue weighted by atomic mass is 32.1. The van der Waals surface area contributed by atoms with Crippen LogP contribution in [0.3, 0.4) is 0 Å². The Morgan fingerprint density at radius 1 is 1.50 bits per heavy atom. The Hall–Kier alpha value is -1.43. The molecule has 4 nitrogen and oxygen atoms in total. The Kier molecular flexibility index (Phi) is 4.00. The molecule has 0 amide bonds. The third kappa shape index (κ3) is 2.32. The molecule has 3 N–H and O–H groups in total. The summed E-state index contributed by atoms with van der Waals surface area (Å²) in [5, 5.41) is 2.17. The molecule has 1 aliphatic rings. The van der Waals surface area contributed by atoms with E-state index in [4.69, 9.17) is 10.6 Å². The molecule has 2 atom stereocenters. The molecule has 0 aromatic carbocycles. The summed E-state index contributed by atoms with van der Waals surface area (Å²) < 4.78 is 5.43. The first-order valence-corrected chi connectivity index (χ1v) is 7.74. The normalized spacial score (nSPS) is 19.4. The second-order valence-corrected chi connectivity index (χ2v) is 6.03. The minimum Gasteiger partial charge on any atom is -0.495 e. The van der Waals surface area contributed by atoms with Crippen molar-refractivity contribution in [3.8, 4) is 5.75 Å². The summed E-state index contributed by atoms with van der Waals surface area (Å²) in [4.78, 5) is 5.97. The molecule has 2 heterocycles. The number of hydrazine groups is 1. The highest BCUT2D eigenvalue weighted by Gasteiger charge is 2.31. The molecule has 0 saturated carbocycles. The SMILES string of the molecule is COc1cccnc1C(NN)C1CCCc2sccc21. The fourth-order valence-electron chi connectivity index (χ4n) is 3.06. The molecule has 0 aliphatic heterocycles. The third-order valence-electron chi connectivity index (χ3n) is 3.99. The van der Waals surface area contributed by atoms with E-state index in [0.717, 1.165) is 17.9 Å². The van der Waals surface area contributed by atoms with E-state index >= 15 is 0 Å². The highest BCUT2D eigenvalue weighted by Crippen LogP contribution is 2.43. The van der Waals surface area contributed by atoms with Gasteiger partial charge in [-0.25, -0.2) is 0 Å². The van der Waals surface area contributed by atoms with Crippen molar-refractivity contribution < 1.29 is 4.74 Å². The maximum Gasteiger partial charge on any atom is 0.142 e. The average molecular weight is 289 g/mol. The van der Waals surface area contributed by atoms with Crippen LogP contribution in [0, 0.1) is 0 Å². The van der Waals surface area contributed by atoms with Gasteiger partial charge in [0.2, 0.25) is 0 Å². The molecule has 20 heavy (non-hydrogen) atoms. The van der Waals surface area contributed by atoms with E-state index in [1.165, 1.54) is 23.3 Å². The summed E-state index contributed by atoms with van der Waals surface area (Å²) in [7, 11) is 1.67. The van der Waals surface area contributed by atoms with Crippen molar-refractivity contribution in [3.63, 3.8) is 0 Å². The summed E-state index contributed by atoms with van der Waals surface area (Å²) >= 11 is 1.84. The number of nitrogens with one attached hydrogen (secondary N) is 1. The van der Waals surface area contributed by atoms with Gasteiger partial charge in [-0.1, -0.05) is 0 Å². The number of hydrogen-bond acceptors (Lipinski definition) is 5. The van der Waals surface area contributed by atoms with Crippen LogP contribution in [-0.2, 0) is 6.42 Å². The molecule has 0 saturated heterocycles. The third-order valence-corrected chi connectivity index (χ3v) is 4.99. The number of thiophene rings is 1. The van der Waals surface area contributed by atoms with Crippen LogP contribution in [0.15, 0.2) is 29.8 Å². The number of nitrogens with zero attached hydrogens (tertiary/aromatic N) is 1. The van der Waals surface area contributed by atoms with Crippen molar-refractivity contribution >= 4 is 11.3 Å². The van der Waals surface area contributed by atoms with Crippen molar-refractivity contribution in [3.05, 3.63) is 45.9 Å². The monoisotopic (exact) mass is 289 g/mol. The van der Waals surface area contributed by atoms with Gasteiger partial charge in [0.25, 0.3) is 0 Å². The van der Waals surface area contributed by atoms with Gasteiger partial charge in [0.1, 0.15) is 11.4 Å². The Labute approximate surface area is 123 Å². The lowest BCUT2D eigenvalue weighted by molar-refractivity contribution is 0.364. The van der Waals surface area contributed by atoms with Crippen molar-refractivity contribution in [2.75, 3.05) is 7.11 Å². The maximum atomic E-state index is 5.84. The highest BCUT2D eigenvalue weighted by molar-refractivity contribution is 7.10. The lowest BCUT2D eigenvalue weighted by Crippen LogP contribution is -2.34. The molecule has 3 rings (SSSR count). The first-order chi connectivity index (χ1) is 9.85. The van der Waals surface area contributed by atoms with Crippen molar-refractivity contribution in [2.45, 2.75) is 31.2 Å². The molecule has 2 unspecified atom stereocenters. The van der Waals surface area contributed by atoms with E-state index in [0.29, 0.717) is 5.92 Å². The van der Waals surface area contributed by atoms with Gasteiger partial charge in [-0.05, 0) is 48.4 Å². The van der Waals surface area contributed by atoms with Gasteiger partial charge in [0, 0.05) is 17.0 Å². The molecule has 1 aliphatic carbocycles. The first-order valence-electron chi connectivity index (χ1n) is 6.86. The molecule has 106 valence electrons. The molecule has 2 aromatic heterocycles. The number of nitrogens with two attached hydrogens (primary N) is 1. The fraction of sp³-hybridized carbons (Fsp3) is 0.400. The number of methoxy groups -OCH3 is 1. The van der Waals surface area contributed by atoms with Gasteiger partial charge in [-0.2, -0.15) is 0 Å². The smallest absolute Gasteiger partial charge is 0.142 e. The van der Waals surface area contributed by atoms with E-state index in [-0.39, 0.29) is 6.04 Å². The maximum absolute atomic E-state index is 5.84. The topological polar surface area (TPSA) is 60.2 Å². The van der Waals surface area contributed by atoms with Gasteiger partial charge >= 0.3 is 0 Å². The van der Waals surface area contributed by atoms with Crippen LogP contribution in [0.2, 0.25) is 0 Å². The summed E-state index contributed by atoms with van der Waals surface area (Å²) in [5.41, 5.74) is 5.26. The standard InChI is InChI=1S/C15H19N3OS/c1-19-12-5-3-8-17-15(12)14(18-16)11-4-2-6-13-10(11)7-9-20-13/h3,5,7-9,11,14,18H,2,4,6,16H2,1H3. The van der Waals surface area contributed by atoms with Crippen molar-refractivity contribution in [1.29, 1.82) is 0 Å². The van der Waals surface area contributed by atoms with Crippen molar-refractivity contribution in [1.82, 2.24) is 10.4 Å². The van der Waals surface area contributed by atoms with Crippen LogP contribution < -0.4 is 16.0 Å². The Morgan fingerprint density at radius 2 is 2.40 bits per heavy atom. The zero-order valence-corrected chi connectivity index (χ0v) is 12.3. The number of pyridine rings is 1. The molecule has 2 aromatic rings. The zero-order chi connectivity index (χ0) is 13.9. The molecule has 0 fully saturated rings. The molecule has 0 radical (unpaired) electrons. The van der Waals surface area contributed by atoms with Gasteiger partial charge in [-0.3, -0.25) is 16.3 Å². The minimum atomic E-state index is -0.0141. The quantitative estimate of drug-likeness (QED) is 0.671. The lowest BCUT2D eigenvalue weighted by Gasteiger charge is -2.30. The summed E-state index contributed by atoms with van der Waals surface area (Å²) in [6.45, 7) is 0. The average Bonchev–Trinajstić information content (AvgIpc) is 2.98.